The molecule has 4 heteroatoms. The van der Waals surface area contributed by atoms with Crippen LogP contribution in [0.25, 0.3) is 0 Å². The zero-order valence-corrected chi connectivity index (χ0v) is 10.8. The van der Waals surface area contributed by atoms with Crippen molar-refractivity contribution in [3.63, 3.8) is 0 Å². The molecule has 1 heterocycles. The van der Waals surface area contributed by atoms with Gasteiger partial charge in [0.05, 0.1) is 13.2 Å². The summed E-state index contributed by atoms with van der Waals surface area (Å²) in [5.41, 5.74) is 0.237. The van der Waals surface area contributed by atoms with Crippen LogP contribution in [0.4, 0.5) is 0 Å². The Hall–Kier alpha value is 0.0969. The molecule has 3 nitrogen and oxygen atoms in total. The smallest absolute Gasteiger partial charge is 0.337 e. The summed E-state index contributed by atoms with van der Waals surface area (Å²) in [6.45, 7) is 8.95. The molecule has 0 aromatic heterocycles. The molecule has 84 valence electrons. The summed E-state index contributed by atoms with van der Waals surface area (Å²) in [6, 6.07) is 2.05. The fourth-order valence-corrected chi connectivity index (χ4v) is 3.86. The van der Waals surface area contributed by atoms with E-state index in [0.29, 0.717) is 0 Å². The molecule has 1 saturated heterocycles. The third-order valence-electron chi connectivity index (χ3n) is 3.03. The average molecular weight is 218 g/mol. The lowest BCUT2D eigenvalue weighted by atomic mass is 9.90. The van der Waals surface area contributed by atoms with Gasteiger partial charge in [-0.25, -0.2) is 0 Å². The maximum atomic E-state index is 6.02. The van der Waals surface area contributed by atoms with Gasteiger partial charge in [0.25, 0.3) is 0 Å². The third-order valence-corrected chi connectivity index (χ3v) is 6.60. The van der Waals surface area contributed by atoms with Crippen molar-refractivity contribution in [1.82, 2.24) is 0 Å². The van der Waals surface area contributed by atoms with E-state index < -0.39 is 8.56 Å². The molecule has 0 radical (unpaired) electrons. The van der Waals surface area contributed by atoms with Crippen LogP contribution < -0.4 is 0 Å². The van der Waals surface area contributed by atoms with Crippen molar-refractivity contribution in [2.45, 2.75) is 32.9 Å². The van der Waals surface area contributed by atoms with E-state index >= 15 is 0 Å². The number of ether oxygens (including phenoxy) is 1. The number of hydrogen-bond donors (Lipinski definition) is 0. The van der Waals surface area contributed by atoms with Crippen LogP contribution in [0.2, 0.25) is 12.1 Å². The maximum Gasteiger partial charge on any atom is 0.337 e. The van der Waals surface area contributed by atoms with Gasteiger partial charge in [0.2, 0.25) is 0 Å². The van der Waals surface area contributed by atoms with Crippen molar-refractivity contribution >= 4 is 8.56 Å². The van der Waals surface area contributed by atoms with E-state index in [9.17, 15) is 0 Å². The second kappa shape index (κ2) is 4.75. The van der Waals surface area contributed by atoms with E-state index in [1.54, 1.807) is 7.11 Å². The molecule has 0 aromatic rings. The fourth-order valence-electron chi connectivity index (χ4n) is 1.64. The summed E-state index contributed by atoms with van der Waals surface area (Å²) in [5.74, 6) is 0. The van der Waals surface area contributed by atoms with Gasteiger partial charge in [-0.1, -0.05) is 20.8 Å². The minimum atomic E-state index is -1.87. The second-order valence-corrected chi connectivity index (χ2v) is 8.35. The first-order valence-electron chi connectivity index (χ1n) is 5.36. The van der Waals surface area contributed by atoms with Crippen LogP contribution in [0.15, 0.2) is 0 Å². The van der Waals surface area contributed by atoms with Crippen LogP contribution in [0.3, 0.4) is 0 Å². The molecule has 0 amide bonds. The molecule has 1 aliphatic heterocycles. The normalized spacial score (nSPS) is 20.6. The largest absolute Gasteiger partial charge is 0.398 e. The summed E-state index contributed by atoms with van der Waals surface area (Å²) in [6.07, 6.45) is 0. The monoisotopic (exact) mass is 218 g/mol. The lowest BCUT2D eigenvalue weighted by Gasteiger charge is -2.40. The van der Waals surface area contributed by atoms with E-state index in [0.717, 1.165) is 31.9 Å². The molecule has 1 fully saturated rings. The molecule has 14 heavy (non-hydrogen) atoms. The first kappa shape index (κ1) is 12.2. The highest BCUT2D eigenvalue weighted by molar-refractivity contribution is 6.67. The molecular weight excluding hydrogens is 196 g/mol. The van der Waals surface area contributed by atoms with Crippen LogP contribution in [-0.2, 0) is 13.6 Å². The molecule has 0 aromatic carbocycles. The standard InChI is InChI=1S/C10H22O3Si/c1-5-14(6-2,11-4)13-9-10(3)7-12-8-10/h5-9H2,1-4H3. The molecule has 0 bridgehead atoms. The zero-order valence-electron chi connectivity index (χ0n) is 9.76. The van der Waals surface area contributed by atoms with Crippen molar-refractivity contribution in [3.8, 4) is 0 Å². The number of hydrogen-bond acceptors (Lipinski definition) is 3. The zero-order chi connectivity index (χ0) is 10.7. The van der Waals surface area contributed by atoms with Gasteiger partial charge in [0, 0.05) is 19.1 Å². The Kier molecular flexibility index (Phi) is 4.12. The molecule has 0 saturated carbocycles. The Morgan fingerprint density at radius 3 is 2.14 bits per heavy atom. The Labute approximate surface area is 88.0 Å². The molecule has 0 N–H and O–H groups in total. The Morgan fingerprint density at radius 2 is 1.86 bits per heavy atom. The predicted molar refractivity (Wildman–Crippen MR) is 58.6 cm³/mol. The Morgan fingerprint density at radius 1 is 1.29 bits per heavy atom. The van der Waals surface area contributed by atoms with Gasteiger partial charge in [0.15, 0.2) is 0 Å². The van der Waals surface area contributed by atoms with Crippen LogP contribution in [0, 0.1) is 5.41 Å². The highest BCUT2D eigenvalue weighted by Crippen LogP contribution is 2.29. The first-order valence-corrected chi connectivity index (χ1v) is 7.60. The minimum Gasteiger partial charge on any atom is -0.398 e. The van der Waals surface area contributed by atoms with Gasteiger partial charge in [-0.2, -0.15) is 0 Å². The summed E-state index contributed by atoms with van der Waals surface area (Å²) in [4.78, 5) is 0. The lowest BCUT2D eigenvalue weighted by Crippen LogP contribution is -2.49. The average Bonchev–Trinajstić information content (AvgIpc) is 2.18. The quantitative estimate of drug-likeness (QED) is 0.640. The van der Waals surface area contributed by atoms with Crippen LogP contribution in [0.5, 0.6) is 0 Å². The summed E-state index contributed by atoms with van der Waals surface area (Å²) < 4.78 is 16.8. The van der Waals surface area contributed by atoms with Crippen LogP contribution >= 0.6 is 0 Å². The fraction of sp³-hybridized carbons (Fsp3) is 1.00. The van der Waals surface area contributed by atoms with Gasteiger partial charge in [-0.3, -0.25) is 0 Å². The van der Waals surface area contributed by atoms with E-state index in [1.165, 1.54) is 0 Å². The molecular formula is C10H22O3Si. The first-order chi connectivity index (χ1) is 6.60. The van der Waals surface area contributed by atoms with Crippen LogP contribution in [0.1, 0.15) is 20.8 Å². The van der Waals surface area contributed by atoms with E-state index in [1.807, 2.05) is 0 Å². The van der Waals surface area contributed by atoms with Gasteiger partial charge in [-0.05, 0) is 12.1 Å². The van der Waals surface area contributed by atoms with Gasteiger partial charge >= 0.3 is 8.56 Å². The van der Waals surface area contributed by atoms with Crippen molar-refractivity contribution in [3.05, 3.63) is 0 Å². The van der Waals surface area contributed by atoms with E-state index in [-0.39, 0.29) is 5.41 Å². The highest BCUT2D eigenvalue weighted by atomic mass is 28.4. The van der Waals surface area contributed by atoms with Crippen molar-refractivity contribution < 1.29 is 13.6 Å². The Bertz CT molecular complexity index is 168. The summed E-state index contributed by atoms with van der Waals surface area (Å²) >= 11 is 0. The van der Waals surface area contributed by atoms with Crippen molar-refractivity contribution in [1.29, 1.82) is 0 Å². The van der Waals surface area contributed by atoms with E-state index in [4.69, 9.17) is 13.6 Å². The molecule has 1 rings (SSSR count). The van der Waals surface area contributed by atoms with Crippen molar-refractivity contribution in [2.75, 3.05) is 26.9 Å². The summed E-state index contributed by atoms with van der Waals surface area (Å²) in [5, 5.41) is 0. The van der Waals surface area contributed by atoms with Crippen LogP contribution in [-0.4, -0.2) is 35.5 Å². The molecule has 0 aliphatic carbocycles. The van der Waals surface area contributed by atoms with Gasteiger partial charge < -0.3 is 13.6 Å². The summed E-state index contributed by atoms with van der Waals surface area (Å²) in [7, 11) is -0.0885. The SMILES string of the molecule is CC[Si](CC)(OC)OCC1(C)COC1. The third kappa shape index (κ3) is 2.57. The molecule has 0 spiro atoms. The lowest BCUT2D eigenvalue weighted by molar-refractivity contribution is -0.124. The topological polar surface area (TPSA) is 27.7 Å². The predicted octanol–water partition coefficient (Wildman–Crippen LogP) is 2.17. The van der Waals surface area contributed by atoms with Gasteiger partial charge in [-0.15, -0.1) is 0 Å². The molecule has 0 atom stereocenters. The highest BCUT2D eigenvalue weighted by Gasteiger charge is 2.39. The van der Waals surface area contributed by atoms with Crippen molar-refractivity contribution in [2.24, 2.45) is 5.41 Å². The minimum absolute atomic E-state index is 0.237. The van der Waals surface area contributed by atoms with E-state index in [2.05, 4.69) is 20.8 Å². The Balaban J connectivity index is 2.39. The number of rotatable bonds is 6. The second-order valence-electron chi connectivity index (χ2n) is 4.41. The van der Waals surface area contributed by atoms with Gasteiger partial charge in [0.1, 0.15) is 0 Å². The molecule has 0 unspecified atom stereocenters. The molecule has 1 aliphatic rings. The maximum absolute atomic E-state index is 6.02.